The van der Waals surface area contributed by atoms with Crippen LogP contribution >= 0.6 is 0 Å². The lowest BCUT2D eigenvalue weighted by Crippen LogP contribution is -2.65. The maximum absolute atomic E-state index is 14.1. The van der Waals surface area contributed by atoms with Gasteiger partial charge in [0.2, 0.25) is 0 Å². The molecule has 4 bridgehead atoms. The molecule has 8 rings (SSSR count). The van der Waals surface area contributed by atoms with Gasteiger partial charge >= 0.3 is 5.97 Å². The van der Waals surface area contributed by atoms with E-state index < -0.39 is 5.41 Å². The second kappa shape index (κ2) is 8.56. The van der Waals surface area contributed by atoms with Crippen molar-refractivity contribution in [3.05, 3.63) is 0 Å². The maximum Gasteiger partial charge on any atom is 0.306 e. The third-order valence-electron chi connectivity index (χ3n) is 16.0. The topological polar surface area (TPSA) is 77.5 Å². The molecule has 41 heavy (non-hydrogen) atoms. The van der Waals surface area contributed by atoms with E-state index in [0.717, 1.165) is 37.5 Å². The van der Waals surface area contributed by atoms with Crippen LogP contribution in [0, 0.1) is 75.4 Å². The number of rotatable bonds is 5. The van der Waals surface area contributed by atoms with Gasteiger partial charge in [-0.2, -0.15) is 0 Å². The summed E-state index contributed by atoms with van der Waals surface area (Å²) in [6.07, 6.45) is 12.6. The molecule has 224 valence electrons. The summed E-state index contributed by atoms with van der Waals surface area (Å²) in [5.41, 5.74) is -0.239. The molecule has 0 aromatic heterocycles. The summed E-state index contributed by atoms with van der Waals surface area (Å²) in [6, 6.07) is 0. The summed E-state index contributed by atoms with van der Waals surface area (Å²) in [7, 11) is 0. The van der Waals surface area contributed by atoms with Gasteiger partial charge in [0.25, 0.3) is 0 Å². The Hall–Kier alpha value is -1.52. The van der Waals surface area contributed by atoms with Crippen LogP contribution in [0.2, 0.25) is 0 Å². The number of Topliss-reactive ketones (excluding diaryl/α,β-unsaturated/α-hetero) is 3. The van der Waals surface area contributed by atoms with Gasteiger partial charge in [0.15, 0.2) is 0 Å². The van der Waals surface area contributed by atoms with Crippen LogP contribution in [-0.4, -0.2) is 28.9 Å². The van der Waals surface area contributed by atoms with Crippen molar-refractivity contribution >= 4 is 23.3 Å². The Bertz CT molecular complexity index is 1220. The molecule has 1 spiro atoms. The number of hydrogen-bond donors (Lipinski definition) is 0. The van der Waals surface area contributed by atoms with Crippen LogP contribution in [0.3, 0.4) is 0 Å². The van der Waals surface area contributed by atoms with E-state index in [1.807, 2.05) is 0 Å². The van der Waals surface area contributed by atoms with Crippen LogP contribution in [0.5, 0.6) is 0 Å². The molecule has 14 atom stereocenters. The Labute approximate surface area is 245 Å². The molecule has 0 N–H and O–H groups in total. The summed E-state index contributed by atoms with van der Waals surface area (Å²) in [5.74, 6) is 4.36. The molecule has 0 saturated heterocycles. The second-order valence-corrected chi connectivity index (χ2v) is 17.3. The van der Waals surface area contributed by atoms with Crippen molar-refractivity contribution in [2.75, 3.05) is 0 Å². The van der Waals surface area contributed by atoms with E-state index in [1.54, 1.807) is 0 Å². The first-order chi connectivity index (χ1) is 19.4. The molecule has 0 aromatic carbocycles. The van der Waals surface area contributed by atoms with Crippen molar-refractivity contribution in [3.63, 3.8) is 0 Å². The van der Waals surface area contributed by atoms with Crippen LogP contribution in [0.15, 0.2) is 0 Å². The van der Waals surface area contributed by atoms with Gasteiger partial charge in [-0.25, -0.2) is 0 Å². The fourth-order valence-corrected chi connectivity index (χ4v) is 13.9. The zero-order chi connectivity index (χ0) is 28.7. The van der Waals surface area contributed by atoms with Crippen molar-refractivity contribution in [3.8, 4) is 0 Å². The lowest BCUT2D eigenvalue weighted by Gasteiger charge is -2.66. The molecule has 8 saturated carbocycles. The highest BCUT2D eigenvalue weighted by Gasteiger charge is 2.73. The normalized spacial score (nSPS) is 55.1. The smallest absolute Gasteiger partial charge is 0.306 e. The first-order valence-electron chi connectivity index (χ1n) is 17.2. The summed E-state index contributed by atoms with van der Waals surface area (Å²) >= 11 is 0. The maximum atomic E-state index is 14.1. The Morgan fingerprint density at radius 3 is 2.51 bits per heavy atom. The molecular weight excluding hydrogens is 512 g/mol. The highest BCUT2D eigenvalue weighted by Crippen LogP contribution is 2.77. The van der Waals surface area contributed by atoms with Crippen molar-refractivity contribution in [1.82, 2.24) is 0 Å². The minimum absolute atomic E-state index is 0.0375. The molecule has 8 fully saturated rings. The van der Waals surface area contributed by atoms with Gasteiger partial charge in [-0.15, -0.1) is 0 Å². The minimum Gasteiger partial charge on any atom is -0.459 e. The van der Waals surface area contributed by atoms with E-state index in [2.05, 4.69) is 27.7 Å². The number of esters is 1. The lowest BCUT2D eigenvalue weighted by atomic mass is 9.40. The Morgan fingerprint density at radius 2 is 1.71 bits per heavy atom. The predicted octanol–water partition coefficient (Wildman–Crippen LogP) is 6.75. The first kappa shape index (κ1) is 27.1. The van der Waals surface area contributed by atoms with E-state index >= 15 is 0 Å². The molecule has 0 amide bonds. The zero-order valence-electron chi connectivity index (χ0n) is 25.7. The quantitative estimate of drug-likeness (QED) is 0.347. The SMILES string of the molecule is CC(CCC(=O)OC1(C)C2CC3CC4C1CC4(C3)C2)C1CCC2C3C(=O)CC4CC(=O)CCC4(C)C3CC(=O)C12C. The molecule has 8 aliphatic rings. The van der Waals surface area contributed by atoms with Crippen LogP contribution in [0.4, 0.5) is 0 Å². The van der Waals surface area contributed by atoms with Gasteiger partial charge in [-0.3, -0.25) is 19.2 Å². The summed E-state index contributed by atoms with van der Waals surface area (Å²) < 4.78 is 6.45. The number of fused-ring (bicyclic) bond motifs is 9. The Morgan fingerprint density at radius 1 is 0.902 bits per heavy atom. The average molecular weight is 563 g/mol. The second-order valence-electron chi connectivity index (χ2n) is 17.3. The molecule has 0 heterocycles. The largest absolute Gasteiger partial charge is 0.459 e. The monoisotopic (exact) mass is 562 g/mol. The standard InChI is InChI=1S/C36H50O5/c1-19(5-8-31(40)41-35(4)22-11-20-12-26-28(35)18-36(26,16-20)17-22)24-6-7-25-32-27(15-30(39)34(24,25)3)33(2)10-9-23(37)13-21(33)14-29(32)38/h19-22,24-28,32H,5-18H2,1-4H3. The highest BCUT2D eigenvalue weighted by molar-refractivity contribution is 5.93. The minimum atomic E-state index is -0.485. The molecule has 5 nitrogen and oxygen atoms in total. The molecule has 8 aliphatic carbocycles. The molecular formula is C36H50O5. The van der Waals surface area contributed by atoms with Crippen LogP contribution in [-0.2, 0) is 23.9 Å². The summed E-state index contributed by atoms with van der Waals surface area (Å²) in [6.45, 7) is 8.92. The Balaban J connectivity index is 0.948. The number of ether oxygens (including phenoxy) is 1. The van der Waals surface area contributed by atoms with Crippen LogP contribution < -0.4 is 0 Å². The van der Waals surface area contributed by atoms with Crippen LogP contribution in [0.25, 0.3) is 0 Å². The third-order valence-corrected chi connectivity index (χ3v) is 16.0. The number of hydrogen-bond acceptors (Lipinski definition) is 5. The van der Waals surface area contributed by atoms with Gasteiger partial charge < -0.3 is 4.74 Å². The number of ketones is 3. The first-order valence-corrected chi connectivity index (χ1v) is 17.2. The fraction of sp³-hybridized carbons (Fsp3) is 0.889. The molecule has 0 aromatic rings. The van der Waals surface area contributed by atoms with E-state index in [1.165, 1.54) is 32.1 Å². The zero-order valence-corrected chi connectivity index (χ0v) is 25.7. The Kier molecular flexibility index (Phi) is 5.65. The molecule has 5 heteroatoms. The van der Waals surface area contributed by atoms with Gasteiger partial charge in [0.1, 0.15) is 23.0 Å². The summed E-state index contributed by atoms with van der Waals surface area (Å²) in [4.78, 5) is 53.4. The van der Waals surface area contributed by atoms with Gasteiger partial charge in [-0.1, -0.05) is 20.8 Å². The van der Waals surface area contributed by atoms with E-state index in [0.29, 0.717) is 60.9 Å². The van der Waals surface area contributed by atoms with E-state index in [-0.39, 0.29) is 58.3 Å². The lowest BCUT2D eigenvalue weighted by molar-refractivity contribution is -0.245. The van der Waals surface area contributed by atoms with Crippen molar-refractivity contribution < 1.29 is 23.9 Å². The molecule has 14 unspecified atom stereocenters. The third kappa shape index (κ3) is 3.41. The van der Waals surface area contributed by atoms with E-state index in [9.17, 15) is 19.2 Å². The average Bonchev–Trinajstić information content (AvgIpc) is 3.34. The van der Waals surface area contributed by atoms with Gasteiger partial charge in [0, 0.05) is 49.4 Å². The van der Waals surface area contributed by atoms with Crippen molar-refractivity contribution in [2.45, 2.75) is 123 Å². The number of carbonyl (C=O) groups is 4. The van der Waals surface area contributed by atoms with Gasteiger partial charge in [0.05, 0.1) is 0 Å². The molecule has 0 radical (unpaired) electrons. The van der Waals surface area contributed by atoms with Crippen molar-refractivity contribution in [2.24, 2.45) is 75.4 Å². The highest BCUT2D eigenvalue weighted by atomic mass is 16.6. The van der Waals surface area contributed by atoms with Gasteiger partial charge in [-0.05, 0) is 123 Å². The number of carbonyl (C=O) groups excluding carboxylic acids is 4. The van der Waals surface area contributed by atoms with Crippen LogP contribution in [0.1, 0.15) is 118 Å². The molecule has 0 aliphatic heterocycles. The van der Waals surface area contributed by atoms with Crippen molar-refractivity contribution in [1.29, 1.82) is 0 Å². The predicted molar refractivity (Wildman–Crippen MR) is 153 cm³/mol. The fourth-order valence-electron chi connectivity index (χ4n) is 13.9. The van der Waals surface area contributed by atoms with E-state index in [4.69, 9.17) is 4.74 Å². The summed E-state index contributed by atoms with van der Waals surface area (Å²) in [5, 5.41) is 0.